The summed E-state index contributed by atoms with van der Waals surface area (Å²) in [5.74, 6) is 0.0706. The molecule has 7 heteroatoms. The second-order valence-electron chi connectivity index (χ2n) is 5.72. The maximum Gasteiger partial charge on any atom is 0.343 e. The summed E-state index contributed by atoms with van der Waals surface area (Å²) in [5, 5.41) is 12.1. The number of fused-ring (bicyclic) bond motifs is 1. The summed E-state index contributed by atoms with van der Waals surface area (Å²) in [5.41, 5.74) is 0.528. The van der Waals surface area contributed by atoms with Gasteiger partial charge < -0.3 is 5.32 Å². The first-order valence-electron chi connectivity index (χ1n) is 8.24. The average molecular weight is 356 g/mol. The van der Waals surface area contributed by atoms with Crippen molar-refractivity contribution in [3.8, 4) is 0 Å². The van der Waals surface area contributed by atoms with Crippen molar-refractivity contribution in [2.45, 2.75) is 31.5 Å². The van der Waals surface area contributed by atoms with E-state index < -0.39 is 0 Å². The minimum atomic E-state index is -0.231. The number of nitrogens with one attached hydrogen (secondary N) is 2. The summed E-state index contributed by atoms with van der Waals surface area (Å²) in [6.45, 7) is 2.68. The van der Waals surface area contributed by atoms with Crippen LogP contribution in [0.15, 0.2) is 52.4 Å². The van der Waals surface area contributed by atoms with Crippen LogP contribution in [0.3, 0.4) is 0 Å². The van der Waals surface area contributed by atoms with Gasteiger partial charge in [0.05, 0.1) is 5.75 Å². The first-order chi connectivity index (χ1) is 12.2. The molecule has 0 saturated heterocycles. The normalized spacial score (nSPS) is 10.9. The molecule has 6 nitrogen and oxygen atoms in total. The largest absolute Gasteiger partial charge is 0.343 e. The molecule has 0 radical (unpaired) electrons. The van der Waals surface area contributed by atoms with Crippen molar-refractivity contribution in [1.82, 2.24) is 14.8 Å². The zero-order chi connectivity index (χ0) is 17.6. The molecule has 0 aliphatic carbocycles. The molecule has 2 aromatic carbocycles. The molecule has 3 aromatic rings. The highest BCUT2D eigenvalue weighted by molar-refractivity contribution is 7.99. The van der Waals surface area contributed by atoms with Crippen LogP contribution in [0.25, 0.3) is 10.8 Å². The van der Waals surface area contributed by atoms with Gasteiger partial charge in [-0.2, -0.15) is 0 Å². The minimum Gasteiger partial charge on any atom is -0.325 e. The number of H-pyrrole nitrogens is 1. The number of thioether (sulfide) groups is 1. The third-order valence-corrected chi connectivity index (χ3v) is 4.80. The van der Waals surface area contributed by atoms with Gasteiger partial charge in [-0.25, -0.2) is 9.89 Å². The lowest BCUT2D eigenvalue weighted by atomic mass is 10.1. The van der Waals surface area contributed by atoms with Crippen molar-refractivity contribution in [3.63, 3.8) is 0 Å². The van der Waals surface area contributed by atoms with E-state index in [0.717, 1.165) is 29.3 Å². The lowest BCUT2D eigenvalue weighted by Crippen LogP contribution is -2.19. The Hall–Kier alpha value is -2.54. The zero-order valence-electron chi connectivity index (χ0n) is 14.0. The van der Waals surface area contributed by atoms with E-state index in [0.29, 0.717) is 11.7 Å². The molecule has 1 aromatic heterocycles. The Labute approximate surface area is 149 Å². The fourth-order valence-corrected chi connectivity index (χ4v) is 3.29. The van der Waals surface area contributed by atoms with Gasteiger partial charge in [-0.15, -0.1) is 5.10 Å². The van der Waals surface area contributed by atoms with Crippen LogP contribution in [0.1, 0.15) is 19.8 Å². The molecular weight excluding hydrogens is 336 g/mol. The highest BCUT2D eigenvalue weighted by Gasteiger charge is 2.11. The molecule has 25 heavy (non-hydrogen) atoms. The highest BCUT2D eigenvalue weighted by atomic mass is 32.2. The smallest absolute Gasteiger partial charge is 0.325 e. The van der Waals surface area contributed by atoms with Crippen molar-refractivity contribution in [2.24, 2.45) is 0 Å². The number of rotatable bonds is 7. The van der Waals surface area contributed by atoms with Crippen LogP contribution in [-0.2, 0) is 11.3 Å². The topological polar surface area (TPSA) is 79.8 Å². The zero-order valence-corrected chi connectivity index (χ0v) is 14.8. The van der Waals surface area contributed by atoms with Gasteiger partial charge in [0.25, 0.3) is 0 Å². The molecule has 1 heterocycles. The van der Waals surface area contributed by atoms with E-state index in [1.165, 1.54) is 11.8 Å². The second kappa shape index (κ2) is 8.02. The first-order valence-corrected chi connectivity index (χ1v) is 9.22. The standard InChI is InChI=1S/C18H20N4O2S/c1-2-3-10-22-17(24)20-21-18(22)25-12-16(23)19-15-9-8-13-6-4-5-7-14(13)11-15/h4-9,11H,2-3,10,12H2,1H3,(H,19,23)(H,20,24). The Bertz CT molecular complexity index is 932. The molecule has 0 saturated carbocycles. The maximum atomic E-state index is 12.2. The molecule has 0 fully saturated rings. The fourth-order valence-electron chi connectivity index (χ4n) is 2.52. The lowest BCUT2D eigenvalue weighted by molar-refractivity contribution is -0.113. The van der Waals surface area contributed by atoms with Crippen LogP contribution in [0.4, 0.5) is 5.69 Å². The molecule has 0 aliphatic heterocycles. The third kappa shape index (κ3) is 4.30. The number of benzene rings is 2. The van der Waals surface area contributed by atoms with Crippen molar-refractivity contribution in [1.29, 1.82) is 0 Å². The minimum absolute atomic E-state index is 0.127. The van der Waals surface area contributed by atoms with Gasteiger partial charge in [-0.1, -0.05) is 55.4 Å². The number of hydrogen-bond donors (Lipinski definition) is 2. The van der Waals surface area contributed by atoms with E-state index in [4.69, 9.17) is 0 Å². The number of anilines is 1. The van der Waals surface area contributed by atoms with Gasteiger partial charge in [0.2, 0.25) is 5.91 Å². The molecule has 0 atom stereocenters. The highest BCUT2D eigenvalue weighted by Crippen LogP contribution is 2.20. The van der Waals surface area contributed by atoms with Gasteiger partial charge >= 0.3 is 5.69 Å². The Morgan fingerprint density at radius 3 is 2.84 bits per heavy atom. The number of aromatic nitrogens is 3. The molecular formula is C18H20N4O2S. The van der Waals surface area contributed by atoms with E-state index in [2.05, 4.69) is 22.4 Å². The molecule has 1 amide bonds. The van der Waals surface area contributed by atoms with Crippen LogP contribution >= 0.6 is 11.8 Å². The van der Waals surface area contributed by atoms with Crippen molar-refractivity contribution in [3.05, 3.63) is 52.9 Å². The molecule has 3 rings (SSSR count). The molecule has 0 spiro atoms. The van der Waals surface area contributed by atoms with Gasteiger partial charge in [-0.3, -0.25) is 9.36 Å². The van der Waals surface area contributed by atoms with Crippen molar-refractivity contribution >= 4 is 34.1 Å². The van der Waals surface area contributed by atoms with Crippen LogP contribution < -0.4 is 11.0 Å². The Morgan fingerprint density at radius 2 is 2.04 bits per heavy atom. The number of carbonyl (C=O) groups is 1. The summed E-state index contributed by atoms with van der Waals surface area (Å²) < 4.78 is 1.58. The fraction of sp³-hybridized carbons (Fsp3) is 0.278. The Morgan fingerprint density at radius 1 is 1.24 bits per heavy atom. The SMILES string of the molecule is CCCCn1c(SCC(=O)Nc2ccc3ccccc3c2)n[nH]c1=O. The van der Waals surface area contributed by atoms with Crippen molar-refractivity contribution < 1.29 is 4.79 Å². The van der Waals surface area contributed by atoms with Gasteiger partial charge in [-0.05, 0) is 29.3 Å². The van der Waals surface area contributed by atoms with E-state index in [-0.39, 0.29) is 17.3 Å². The van der Waals surface area contributed by atoms with Gasteiger partial charge in [0.1, 0.15) is 0 Å². The first kappa shape index (κ1) is 17.3. The molecule has 0 bridgehead atoms. The van der Waals surface area contributed by atoms with Crippen LogP contribution in [-0.4, -0.2) is 26.4 Å². The monoisotopic (exact) mass is 356 g/mol. The Kier molecular flexibility index (Phi) is 5.55. The summed E-state index contributed by atoms with van der Waals surface area (Å²) in [6, 6.07) is 13.8. The predicted octanol–water partition coefficient (Wildman–Crippen LogP) is 3.26. The number of unbranched alkanes of at least 4 members (excludes halogenated alkanes) is 1. The van der Waals surface area contributed by atoms with Crippen LogP contribution in [0.2, 0.25) is 0 Å². The van der Waals surface area contributed by atoms with Crippen LogP contribution in [0, 0.1) is 0 Å². The van der Waals surface area contributed by atoms with Gasteiger partial charge in [0, 0.05) is 12.2 Å². The number of hydrogen-bond acceptors (Lipinski definition) is 4. The number of carbonyl (C=O) groups excluding carboxylic acids is 1. The van der Waals surface area contributed by atoms with Gasteiger partial charge in [0.15, 0.2) is 5.16 Å². The average Bonchev–Trinajstić information content (AvgIpc) is 2.98. The second-order valence-corrected chi connectivity index (χ2v) is 6.66. The number of nitrogens with zero attached hydrogens (tertiary/aromatic N) is 2. The van der Waals surface area contributed by atoms with E-state index in [9.17, 15) is 9.59 Å². The summed E-state index contributed by atoms with van der Waals surface area (Å²) in [4.78, 5) is 23.9. The van der Waals surface area contributed by atoms with Crippen molar-refractivity contribution in [2.75, 3.05) is 11.1 Å². The molecule has 0 unspecified atom stereocenters. The molecule has 0 aliphatic rings. The number of aromatic amines is 1. The quantitative estimate of drug-likeness (QED) is 0.637. The van der Waals surface area contributed by atoms with Crippen LogP contribution in [0.5, 0.6) is 0 Å². The lowest BCUT2D eigenvalue weighted by Gasteiger charge is -2.07. The summed E-state index contributed by atoms with van der Waals surface area (Å²) >= 11 is 1.26. The third-order valence-electron chi connectivity index (χ3n) is 3.82. The van der Waals surface area contributed by atoms with E-state index in [1.807, 2.05) is 42.5 Å². The summed E-state index contributed by atoms with van der Waals surface area (Å²) in [7, 11) is 0. The van der Waals surface area contributed by atoms with E-state index >= 15 is 0 Å². The maximum absolute atomic E-state index is 12.2. The summed E-state index contributed by atoms with van der Waals surface area (Å²) in [6.07, 6.45) is 1.89. The predicted molar refractivity (Wildman–Crippen MR) is 101 cm³/mol. The number of amides is 1. The van der Waals surface area contributed by atoms with E-state index in [1.54, 1.807) is 4.57 Å². The Balaban J connectivity index is 1.62. The molecule has 130 valence electrons. The molecule has 2 N–H and O–H groups in total.